The van der Waals surface area contributed by atoms with E-state index in [9.17, 15) is 9.59 Å². The third kappa shape index (κ3) is 8.26. The van der Waals surface area contributed by atoms with Crippen LogP contribution in [0.25, 0.3) is 0 Å². The third-order valence-electron chi connectivity index (χ3n) is 4.76. The molecule has 0 aliphatic carbocycles. The van der Waals surface area contributed by atoms with Gasteiger partial charge in [-0.3, -0.25) is 9.59 Å². The summed E-state index contributed by atoms with van der Waals surface area (Å²) in [7, 11) is 1.60. The topological polar surface area (TPSA) is 89.0 Å². The number of nitrogens with one attached hydrogen (secondary N) is 2. The normalized spacial score (nSPS) is 13.0. The Morgan fingerprint density at radius 3 is 2.42 bits per heavy atom. The summed E-state index contributed by atoms with van der Waals surface area (Å²) >= 11 is 12.0. The van der Waals surface area contributed by atoms with E-state index in [-0.39, 0.29) is 5.92 Å². The zero-order valence-corrected chi connectivity index (χ0v) is 20.8. The molecular formula is C24H29Cl2N3O4. The van der Waals surface area contributed by atoms with Crippen LogP contribution in [-0.4, -0.2) is 37.3 Å². The maximum absolute atomic E-state index is 12.7. The Kier molecular flexibility index (Phi) is 10.0. The van der Waals surface area contributed by atoms with Crippen molar-refractivity contribution < 1.29 is 19.1 Å². The van der Waals surface area contributed by atoms with Gasteiger partial charge in [0.15, 0.2) is 6.10 Å². The molecule has 9 heteroatoms. The van der Waals surface area contributed by atoms with Gasteiger partial charge >= 0.3 is 0 Å². The van der Waals surface area contributed by atoms with E-state index in [1.54, 1.807) is 32.4 Å². The van der Waals surface area contributed by atoms with Crippen LogP contribution in [0.5, 0.6) is 11.5 Å². The Morgan fingerprint density at radius 2 is 1.82 bits per heavy atom. The first-order valence-corrected chi connectivity index (χ1v) is 11.3. The molecule has 0 aromatic heterocycles. The average molecular weight is 494 g/mol. The number of nitrogens with zero attached hydrogens (tertiary/aromatic N) is 1. The van der Waals surface area contributed by atoms with Gasteiger partial charge in [0.2, 0.25) is 0 Å². The van der Waals surface area contributed by atoms with Crippen LogP contribution in [0.4, 0.5) is 0 Å². The first-order valence-electron chi connectivity index (χ1n) is 10.5. The van der Waals surface area contributed by atoms with Gasteiger partial charge in [-0.25, -0.2) is 5.43 Å². The van der Waals surface area contributed by atoms with Gasteiger partial charge in [0, 0.05) is 5.02 Å². The van der Waals surface area contributed by atoms with Gasteiger partial charge in [-0.15, -0.1) is 0 Å². The highest BCUT2D eigenvalue weighted by molar-refractivity contribution is 6.35. The molecule has 0 aliphatic rings. The first kappa shape index (κ1) is 26.5. The van der Waals surface area contributed by atoms with Crippen molar-refractivity contribution in [3.05, 3.63) is 57.6 Å². The van der Waals surface area contributed by atoms with E-state index < -0.39 is 24.0 Å². The number of methoxy groups -OCH3 is 1. The summed E-state index contributed by atoms with van der Waals surface area (Å²) in [6.07, 6.45) is 1.11. The molecule has 0 saturated carbocycles. The lowest BCUT2D eigenvalue weighted by Gasteiger charge is -2.22. The molecule has 2 amide bonds. The molecule has 2 atom stereocenters. The van der Waals surface area contributed by atoms with Gasteiger partial charge < -0.3 is 14.8 Å². The Labute approximate surface area is 204 Å². The standard InChI is InChI=1S/C24H29Cl2N3O4/c1-14(2)10-21(24(31)29-27-13-17-6-8-19(32-5)11-15(17)3)28-23(30)16(4)33-22-9-7-18(25)12-20(22)26/h6-9,11-14,16,21H,10H2,1-5H3,(H,28,30)(H,29,31)/b27-13-/t16-,21+/m1/s1. The van der Waals surface area contributed by atoms with Crippen LogP contribution in [0.15, 0.2) is 41.5 Å². The van der Waals surface area contributed by atoms with Crippen LogP contribution in [0.3, 0.4) is 0 Å². The van der Waals surface area contributed by atoms with Crippen molar-refractivity contribution in [1.82, 2.24) is 10.7 Å². The highest BCUT2D eigenvalue weighted by Gasteiger charge is 2.25. The molecule has 0 aliphatic heterocycles. The van der Waals surface area contributed by atoms with Crippen LogP contribution in [0, 0.1) is 12.8 Å². The monoisotopic (exact) mass is 493 g/mol. The zero-order chi connectivity index (χ0) is 24.5. The van der Waals surface area contributed by atoms with Gasteiger partial charge in [-0.2, -0.15) is 5.10 Å². The van der Waals surface area contributed by atoms with E-state index in [0.717, 1.165) is 16.9 Å². The molecule has 0 bridgehead atoms. The number of carbonyl (C=O) groups is 2. The van der Waals surface area contributed by atoms with Gasteiger partial charge in [0.1, 0.15) is 17.5 Å². The van der Waals surface area contributed by atoms with Crippen LogP contribution in [0.2, 0.25) is 10.0 Å². The van der Waals surface area contributed by atoms with Crippen LogP contribution < -0.4 is 20.2 Å². The molecule has 2 aromatic rings. The SMILES string of the molecule is COc1ccc(/C=N\NC(=O)[C@H](CC(C)C)NC(=O)[C@@H](C)Oc2ccc(Cl)cc2Cl)c(C)c1. The number of hydrogen-bond acceptors (Lipinski definition) is 5. The summed E-state index contributed by atoms with van der Waals surface area (Å²) in [5, 5.41) is 7.54. The van der Waals surface area contributed by atoms with Crippen LogP contribution >= 0.6 is 23.2 Å². The van der Waals surface area contributed by atoms with Crippen molar-refractivity contribution in [3.8, 4) is 11.5 Å². The molecule has 2 N–H and O–H groups in total. The van der Waals surface area contributed by atoms with Crippen LogP contribution in [0.1, 0.15) is 38.3 Å². The summed E-state index contributed by atoms with van der Waals surface area (Å²) in [5.74, 6) is 0.362. The Balaban J connectivity index is 2.02. The first-order chi connectivity index (χ1) is 15.6. The van der Waals surface area contributed by atoms with Gasteiger partial charge in [0.05, 0.1) is 18.3 Å². The lowest BCUT2D eigenvalue weighted by Crippen LogP contribution is -2.49. The molecule has 178 valence electrons. The Bertz CT molecular complexity index is 1010. The van der Waals surface area contributed by atoms with E-state index in [2.05, 4.69) is 15.8 Å². The zero-order valence-electron chi connectivity index (χ0n) is 19.3. The second-order valence-corrected chi connectivity index (χ2v) is 8.83. The third-order valence-corrected chi connectivity index (χ3v) is 5.29. The molecule has 2 aromatic carbocycles. The quantitative estimate of drug-likeness (QED) is 0.368. The van der Waals surface area contributed by atoms with Crippen molar-refractivity contribution in [2.24, 2.45) is 11.0 Å². The van der Waals surface area contributed by atoms with Gasteiger partial charge in [0.25, 0.3) is 11.8 Å². The highest BCUT2D eigenvalue weighted by atomic mass is 35.5. The summed E-state index contributed by atoms with van der Waals surface area (Å²) in [6, 6.07) is 9.48. The van der Waals surface area contributed by atoms with E-state index in [1.165, 1.54) is 6.07 Å². The molecule has 0 fully saturated rings. The van der Waals surface area contributed by atoms with Crippen LogP contribution in [-0.2, 0) is 9.59 Å². The molecule has 0 radical (unpaired) electrons. The molecular weight excluding hydrogens is 465 g/mol. The predicted molar refractivity (Wildman–Crippen MR) is 131 cm³/mol. The number of hydrazone groups is 1. The van der Waals surface area contributed by atoms with Crippen molar-refractivity contribution >= 4 is 41.2 Å². The molecule has 33 heavy (non-hydrogen) atoms. The lowest BCUT2D eigenvalue weighted by atomic mass is 10.0. The largest absolute Gasteiger partial charge is 0.497 e. The van der Waals surface area contributed by atoms with Crippen molar-refractivity contribution in [3.63, 3.8) is 0 Å². The number of aryl methyl sites for hydroxylation is 1. The number of rotatable bonds is 10. The molecule has 0 heterocycles. The van der Waals surface area contributed by atoms with Gasteiger partial charge in [-0.1, -0.05) is 37.0 Å². The minimum Gasteiger partial charge on any atom is -0.497 e. The van der Waals surface area contributed by atoms with Crippen molar-refractivity contribution in [2.75, 3.05) is 7.11 Å². The molecule has 7 nitrogen and oxygen atoms in total. The van der Waals surface area contributed by atoms with E-state index in [1.807, 2.05) is 39.0 Å². The van der Waals surface area contributed by atoms with Crippen molar-refractivity contribution in [1.29, 1.82) is 0 Å². The van der Waals surface area contributed by atoms with Crippen molar-refractivity contribution in [2.45, 2.75) is 46.3 Å². The summed E-state index contributed by atoms with van der Waals surface area (Å²) < 4.78 is 10.8. The number of hydrogen-bond donors (Lipinski definition) is 2. The highest BCUT2D eigenvalue weighted by Crippen LogP contribution is 2.28. The fourth-order valence-corrected chi connectivity index (χ4v) is 3.42. The average Bonchev–Trinajstić information content (AvgIpc) is 2.75. The number of ether oxygens (including phenoxy) is 2. The second kappa shape index (κ2) is 12.5. The summed E-state index contributed by atoms with van der Waals surface area (Å²) in [4.78, 5) is 25.4. The Hall–Kier alpha value is -2.77. The molecule has 0 spiro atoms. The minimum atomic E-state index is -0.878. The summed E-state index contributed by atoms with van der Waals surface area (Å²) in [6.45, 7) is 7.42. The van der Waals surface area contributed by atoms with E-state index in [0.29, 0.717) is 22.2 Å². The molecule has 0 unspecified atom stereocenters. The maximum Gasteiger partial charge on any atom is 0.262 e. The number of amides is 2. The molecule has 0 saturated heterocycles. The van der Waals surface area contributed by atoms with E-state index >= 15 is 0 Å². The number of benzene rings is 2. The Morgan fingerprint density at radius 1 is 1.09 bits per heavy atom. The predicted octanol–water partition coefficient (Wildman–Crippen LogP) is 4.76. The smallest absolute Gasteiger partial charge is 0.262 e. The second-order valence-electron chi connectivity index (χ2n) is 7.98. The molecule has 2 rings (SSSR count). The lowest BCUT2D eigenvalue weighted by molar-refractivity contribution is -0.132. The minimum absolute atomic E-state index is 0.163. The maximum atomic E-state index is 12.7. The fourth-order valence-electron chi connectivity index (χ4n) is 2.97. The fraction of sp³-hybridized carbons (Fsp3) is 0.375. The number of halogens is 2. The van der Waals surface area contributed by atoms with Gasteiger partial charge in [-0.05, 0) is 73.7 Å². The summed E-state index contributed by atoms with van der Waals surface area (Å²) in [5.41, 5.74) is 4.30. The number of carbonyl (C=O) groups excluding carboxylic acids is 2. The van der Waals surface area contributed by atoms with E-state index in [4.69, 9.17) is 32.7 Å².